The van der Waals surface area contributed by atoms with Gasteiger partial charge in [0.2, 0.25) is 0 Å². The first-order valence-corrected chi connectivity index (χ1v) is 9.92. The maximum absolute atomic E-state index is 4.18. The first-order valence-electron chi connectivity index (χ1n) is 9.92. The predicted octanol–water partition coefficient (Wildman–Crippen LogP) is 8.46. The van der Waals surface area contributed by atoms with Crippen LogP contribution in [0.5, 0.6) is 0 Å². The molecular formula is C27H39N. The van der Waals surface area contributed by atoms with Gasteiger partial charge < -0.3 is 0 Å². The fourth-order valence-corrected chi connectivity index (χ4v) is 2.39. The quantitative estimate of drug-likeness (QED) is 0.446. The van der Waals surface area contributed by atoms with Gasteiger partial charge >= 0.3 is 0 Å². The van der Waals surface area contributed by atoms with E-state index in [1.807, 2.05) is 36.5 Å². The Morgan fingerprint density at radius 3 is 1.11 bits per heavy atom. The van der Waals surface area contributed by atoms with Crippen LogP contribution in [0.3, 0.4) is 0 Å². The topological polar surface area (TPSA) is 12.9 Å². The van der Waals surface area contributed by atoms with E-state index in [-0.39, 0.29) is 7.43 Å². The summed E-state index contributed by atoms with van der Waals surface area (Å²) in [6, 6.07) is 27.0. The highest BCUT2D eigenvalue weighted by Crippen LogP contribution is 2.12. The van der Waals surface area contributed by atoms with Gasteiger partial charge in [0, 0.05) is 11.9 Å². The van der Waals surface area contributed by atoms with Crippen molar-refractivity contribution in [1.82, 2.24) is 4.98 Å². The molecule has 0 saturated carbocycles. The molecule has 28 heavy (non-hydrogen) atoms. The third kappa shape index (κ3) is 10.7. The molecule has 1 nitrogen and oxygen atoms in total. The Morgan fingerprint density at radius 2 is 0.893 bits per heavy atom. The Kier molecular flexibility index (Phi) is 13.4. The molecule has 0 fully saturated rings. The molecule has 0 N–H and O–H groups in total. The summed E-state index contributed by atoms with van der Waals surface area (Å²) in [4.78, 5) is 4.18. The number of hydrogen-bond acceptors (Lipinski definition) is 1. The Bertz CT molecular complexity index is 598. The minimum atomic E-state index is 0. The van der Waals surface area contributed by atoms with Crippen LogP contribution < -0.4 is 0 Å². The van der Waals surface area contributed by atoms with Crippen molar-refractivity contribution in [3.05, 3.63) is 102 Å². The van der Waals surface area contributed by atoms with E-state index in [0.717, 1.165) is 5.69 Å². The minimum absolute atomic E-state index is 0. The van der Waals surface area contributed by atoms with Gasteiger partial charge in [0.25, 0.3) is 0 Å². The molecule has 2 aromatic carbocycles. The molecule has 3 aromatic rings. The summed E-state index contributed by atoms with van der Waals surface area (Å²) < 4.78 is 0. The van der Waals surface area contributed by atoms with Crippen LogP contribution in [0.15, 0.2) is 85.1 Å². The summed E-state index contributed by atoms with van der Waals surface area (Å²) in [6.07, 6.45) is 1.83. The summed E-state index contributed by atoms with van der Waals surface area (Å²) in [5.41, 5.74) is 3.99. The van der Waals surface area contributed by atoms with Gasteiger partial charge in [-0.1, -0.05) is 116 Å². The van der Waals surface area contributed by atoms with Crippen LogP contribution in [0.2, 0.25) is 0 Å². The molecule has 152 valence electrons. The second-order valence-electron chi connectivity index (χ2n) is 7.54. The van der Waals surface area contributed by atoms with Gasteiger partial charge in [0.05, 0.1) is 0 Å². The Morgan fingerprint density at radius 1 is 0.500 bits per heavy atom. The average Bonchev–Trinajstić information content (AvgIpc) is 2.71. The third-order valence-electron chi connectivity index (χ3n) is 4.21. The zero-order valence-electron chi connectivity index (χ0n) is 17.8. The highest BCUT2D eigenvalue weighted by atomic mass is 14.7. The van der Waals surface area contributed by atoms with Crippen molar-refractivity contribution >= 4 is 0 Å². The van der Waals surface area contributed by atoms with Crippen molar-refractivity contribution in [2.45, 2.75) is 66.7 Å². The third-order valence-corrected chi connectivity index (χ3v) is 4.21. The molecule has 0 saturated heterocycles. The second kappa shape index (κ2) is 14.6. The molecule has 0 spiro atoms. The van der Waals surface area contributed by atoms with Gasteiger partial charge in [0.15, 0.2) is 0 Å². The zero-order chi connectivity index (χ0) is 20.1. The maximum Gasteiger partial charge on any atom is 0.0428 e. The van der Waals surface area contributed by atoms with Crippen molar-refractivity contribution in [3.8, 4) is 0 Å². The van der Waals surface area contributed by atoms with Crippen LogP contribution in [-0.2, 0) is 0 Å². The van der Waals surface area contributed by atoms with E-state index < -0.39 is 0 Å². The fourth-order valence-electron chi connectivity index (χ4n) is 2.39. The van der Waals surface area contributed by atoms with E-state index in [1.54, 1.807) is 0 Å². The molecule has 0 radical (unpaired) electrons. The van der Waals surface area contributed by atoms with Crippen molar-refractivity contribution in [1.29, 1.82) is 0 Å². The van der Waals surface area contributed by atoms with Gasteiger partial charge in [-0.25, -0.2) is 0 Å². The van der Waals surface area contributed by atoms with Crippen LogP contribution in [0.4, 0.5) is 0 Å². The molecular weight excluding hydrogens is 338 g/mol. The second-order valence-corrected chi connectivity index (χ2v) is 7.54. The molecule has 3 rings (SSSR count). The Labute approximate surface area is 173 Å². The molecule has 0 bridgehead atoms. The summed E-state index contributed by atoms with van der Waals surface area (Å²) in [5.74, 6) is 1.86. The molecule has 0 aliphatic heterocycles. The summed E-state index contributed by atoms with van der Waals surface area (Å²) >= 11 is 0. The van der Waals surface area contributed by atoms with Crippen molar-refractivity contribution in [3.63, 3.8) is 0 Å². The lowest BCUT2D eigenvalue weighted by atomic mass is 10.0. The van der Waals surface area contributed by atoms with Crippen LogP contribution in [0.25, 0.3) is 0 Å². The highest BCUT2D eigenvalue weighted by Gasteiger charge is 1.95. The average molecular weight is 378 g/mol. The van der Waals surface area contributed by atoms with Gasteiger partial charge in [0.1, 0.15) is 0 Å². The maximum atomic E-state index is 4.18. The van der Waals surface area contributed by atoms with E-state index in [2.05, 4.69) is 95.1 Å². The van der Waals surface area contributed by atoms with Crippen LogP contribution in [-0.4, -0.2) is 4.98 Å². The molecule has 0 unspecified atom stereocenters. The summed E-state index contributed by atoms with van der Waals surface area (Å²) in [6.45, 7) is 13.1. The lowest BCUT2D eigenvalue weighted by molar-refractivity contribution is 0.823. The first kappa shape index (κ1) is 25.6. The Balaban J connectivity index is 0.000000384. The molecule has 0 atom stereocenters. The summed E-state index contributed by atoms with van der Waals surface area (Å²) in [5, 5.41) is 0. The molecule has 1 heteroatoms. The smallest absolute Gasteiger partial charge is 0.0428 e. The number of aromatic nitrogens is 1. The highest BCUT2D eigenvalue weighted by molar-refractivity contribution is 5.18. The van der Waals surface area contributed by atoms with E-state index in [1.165, 1.54) is 11.1 Å². The number of nitrogens with zero attached hydrogens (tertiary/aromatic N) is 1. The van der Waals surface area contributed by atoms with Crippen LogP contribution in [0.1, 0.15) is 83.5 Å². The van der Waals surface area contributed by atoms with Crippen molar-refractivity contribution < 1.29 is 0 Å². The van der Waals surface area contributed by atoms with E-state index in [0.29, 0.717) is 17.8 Å². The van der Waals surface area contributed by atoms with Gasteiger partial charge in [-0.15, -0.1) is 0 Å². The predicted molar refractivity (Wildman–Crippen MR) is 126 cm³/mol. The largest absolute Gasteiger partial charge is 0.261 e. The standard InChI is InChI=1S/2C9H12.C8H11N.CH4/c2*1-8(2)9-6-4-3-5-7-9;1-7(2)8-5-3-4-6-9-8;/h2*3-8H,1-2H3;3-7H,1-2H3;1H4. The van der Waals surface area contributed by atoms with Gasteiger partial charge in [-0.05, 0) is 41.0 Å². The van der Waals surface area contributed by atoms with E-state index in [9.17, 15) is 0 Å². The molecule has 1 heterocycles. The normalized spacial score (nSPS) is 9.75. The van der Waals surface area contributed by atoms with E-state index in [4.69, 9.17) is 0 Å². The SMILES string of the molecule is C.CC(C)c1ccccc1.CC(C)c1ccccc1.CC(C)c1ccccn1. The zero-order valence-corrected chi connectivity index (χ0v) is 17.8. The summed E-state index contributed by atoms with van der Waals surface area (Å²) in [7, 11) is 0. The van der Waals surface area contributed by atoms with E-state index >= 15 is 0 Å². The lowest BCUT2D eigenvalue weighted by Crippen LogP contribution is -1.88. The van der Waals surface area contributed by atoms with Gasteiger partial charge in [-0.3, -0.25) is 4.98 Å². The van der Waals surface area contributed by atoms with Crippen molar-refractivity contribution in [2.75, 3.05) is 0 Å². The molecule has 0 aliphatic carbocycles. The number of rotatable bonds is 3. The Hall–Kier alpha value is -2.41. The minimum Gasteiger partial charge on any atom is -0.261 e. The fraction of sp³-hybridized carbons (Fsp3) is 0.370. The molecule has 0 aliphatic rings. The van der Waals surface area contributed by atoms with Crippen molar-refractivity contribution in [2.24, 2.45) is 0 Å². The molecule has 0 amide bonds. The molecule has 1 aromatic heterocycles. The monoisotopic (exact) mass is 377 g/mol. The van der Waals surface area contributed by atoms with Crippen LogP contribution in [0, 0.1) is 0 Å². The van der Waals surface area contributed by atoms with Gasteiger partial charge in [-0.2, -0.15) is 0 Å². The number of benzene rings is 2. The number of pyridine rings is 1. The number of hydrogen-bond donors (Lipinski definition) is 0. The lowest BCUT2D eigenvalue weighted by Gasteiger charge is -2.01. The van der Waals surface area contributed by atoms with Crippen LogP contribution >= 0.6 is 0 Å². The first-order chi connectivity index (χ1) is 12.9.